The van der Waals surface area contributed by atoms with Crippen molar-refractivity contribution in [1.82, 2.24) is 9.97 Å². The number of nitrogens with zero attached hydrogens (tertiary/aromatic N) is 2. The molecule has 1 aromatic heterocycles. The fourth-order valence-corrected chi connectivity index (χ4v) is 2.78. The van der Waals surface area contributed by atoms with E-state index in [-0.39, 0.29) is 0 Å². The molecule has 0 spiro atoms. The van der Waals surface area contributed by atoms with Crippen LogP contribution in [0.3, 0.4) is 0 Å². The maximum atomic E-state index is 6.13. The van der Waals surface area contributed by atoms with Gasteiger partial charge in [0, 0.05) is 5.56 Å². The van der Waals surface area contributed by atoms with Gasteiger partial charge in [-0.15, -0.1) is 0 Å². The molecule has 0 saturated heterocycles. The number of ether oxygens (including phenoxy) is 1. The summed E-state index contributed by atoms with van der Waals surface area (Å²) in [5.41, 5.74) is 3.47. The molecule has 0 radical (unpaired) electrons. The van der Waals surface area contributed by atoms with Crippen LogP contribution in [-0.4, -0.2) is 9.97 Å². The van der Waals surface area contributed by atoms with E-state index in [9.17, 15) is 0 Å². The summed E-state index contributed by atoms with van der Waals surface area (Å²) in [4.78, 5) is 8.86. The normalized spacial score (nSPS) is 10.7. The van der Waals surface area contributed by atoms with Crippen molar-refractivity contribution in [2.24, 2.45) is 0 Å². The Labute approximate surface area is 144 Å². The molecular formula is C20H13ClN2O. The molecule has 116 valence electrons. The number of hydrogen-bond donors (Lipinski definition) is 0. The molecule has 0 fully saturated rings. The Morgan fingerprint density at radius 3 is 2.46 bits per heavy atom. The van der Waals surface area contributed by atoms with E-state index in [1.54, 1.807) is 12.3 Å². The minimum atomic E-state index is 0.438. The van der Waals surface area contributed by atoms with Gasteiger partial charge in [-0.2, -0.15) is 0 Å². The monoisotopic (exact) mass is 332 g/mol. The molecule has 4 rings (SSSR count). The number of hydrogen-bond acceptors (Lipinski definition) is 3. The standard InChI is InChI=1S/C20H13ClN2O/c21-16-10-6-11-17-20(16)22-13-19(23-17)24-18-12-5-4-9-15(18)14-7-2-1-3-8-14/h1-13H. The minimum absolute atomic E-state index is 0.438. The molecule has 0 aliphatic carbocycles. The third kappa shape index (κ3) is 2.82. The summed E-state index contributed by atoms with van der Waals surface area (Å²) >= 11 is 6.13. The van der Waals surface area contributed by atoms with Crippen molar-refractivity contribution in [2.45, 2.75) is 0 Å². The summed E-state index contributed by atoms with van der Waals surface area (Å²) in [6.07, 6.45) is 1.59. The molecule has 4 heteroatoms. The molecule has 0 bridgehead atoms. The molecule has 0 saturated carbocycles. The van der Waals surface area contributed by atoms with Crippen LogP contribution in [0.5, 0.6) is 11.6 Å². The van der Waals surface area contributed by atoms with Crippen LogP contribution < -0.4 is 4.74 Å². The summed E-state index contributed by atoms with van der Waals surface area (Å²) in [6, 6.07) is 23.5. The molecule has 0 N–H and O–H groups in total. The van der Waals surface area contributed by atoms with E-state index in [1.807, 2.05) is 66.7 Å². The van der Waals surface area contributed by atoms with Gasteiger partial charge in [-0.3, -0.25) is 0 Å². The SMILES string of the molecule is Clc1cccc2nc(Oc3ccccc3-c3ccccc3)cnc12. The largest absolute Gasteiger partial charge is 0.437 e. The van der Waals surface area contributed by atoms with Crippen LogP contribution in [0.1, 0.15) is 0 Å². The minimum Gasteiger partial charge on any atom is -0.437 e. The summed E-state index contributed by atoms with van der Waals surface area (Å²) < 4.78 is 6.00. The Bertz CT molecular complexity index is 1000. The zero-order valence-corrected chi connectivity index (χ0v) is 13.4. The molecule has 1 heterocycles. The van der Waals surface area contributed by atoms with Gasteiger partial charge in [0.05, 0.1) is 16.7 Å². The molecule has 24 heavy (non-hydrogen) atoms. The highest BCUT2D eigenvalue weighted by molar-refractivity contribution is 6.34. The van der Waals surface area contributed by atoms with Crippen molar-refractivity contribution in [3.05, 3.63) is 84.0 Å². The lowest BCUT2D eigenvalue weighted by Gasteiger charge is -2.11. The van der Waals surface area contributed by atoms with E-state index in [0.29, 0.717) is 21.9 Å². The van der Waals surface area contributed by atoms with Crippen LogP contribution in [0.25, 0.3) is 22.2 Å². The third-order valence-electron chi connectivity index (χ3n) is 3.69. The van der Waals surface area contributed by atoms with Gasteiger partial charge < -0.3 is 4.74 Å². The van der Waals surface area contributed by atoms with Crippen molar-refractivity contribution >= 4 is 22.6 Å². The zero-order valence-electron chi connectivity index (χ0n) is 12.7. The maximum Gasteiger partial charge on any atom is 0.238 e. The maximum absolute atomic E-state index is 6.13. The molecule has 3 aromatic carbocycles. The molecule has 0 amide bonds. The molecule has 0 aliphatic rings. The van der Waals surface area contributed by atoms with Crippen molar-refractivity contribution in [2.75, 3.05) is 0 Å². The van der Waals surface area contributed by atoms with E-state index >= 15 is 0 Å². The Morgan fingerprint density at radius 1 is 0.792 bits per heavy atom. The van der Waals surface area contributed by atoms with Crippen LogP contribution in [0.15, 0.2) is 79.0 Å². The molecule has 3 nitrogen and oxygen atoms in total. The number of fused-ring (bicyclic) bond motifs is 1. The van der Waals surface area contributed by atoms with Gasteiger partial charge in [0.15, 0.2) is 0 Å². The molecule has 4 aromatic rings. The van der Waals surface area contributed by atoms with Crippen LogP contribution in [0.4, 0.5) is 0 Å². The van der Waals surface area contributed by atoms with Gasteiger partial charge in [-0.1, -0.05) is 66.2 Å². The van der Waals surface area contributed by atoms with Crippen LogP contribution >= 0.6 is 11.6 Å². The van der Waals surface area contributed by atoms with E-state index in [1.165, 1.54) is 0 Å². The van der Waals surface area contributed by atoms with Gasteiger partial charge >= 0.3 is 0 Å². The predicted octanol–water partition coefficient (Wildman–Crippen LogP) is 5.74. The number of aromatic nitrogens is 2. The lowest BCUT2D eigenvalue weighted by atomic mass is 10.1. The van der Waals surface area contributed by atoms with E-state index in [2.05, 4.69) is 9.97 Å². The third-order valence-corrected chi connectivity index (χ3v) is 3.99. The second kappa shape index (κ2) is 6.30. The van der Waals surface area contributed by atoms with Gasteiger partial charge in [-0.05, 0) is 23.8 Å². The first-order valence-corrected chi connectivity index (χ1v) is 7.92. The highest BCUT2D eigenvalue weighted by Crippen LogP contribution is 2.33. The Kier molecular flexibility index (Phi) is 3.85. The Balaban J connectivity index is 1.74. The van der Waals surface area contributed by atoms with E-state index in [0.717, 1.165) is 16.9 Å². The first-order chi connectivity index (χ1) is 11.8. The van der Waals surface area contributed by atoms with Crippen molar-refractivity contribution in [3.8, 4) is 22.8 Å². The lowest BCUT2D eigenvalue weighted by Crippen LogP contribution is -1.93. The zero-order chi connectivity index (χ0) is 16.4. The van der Waals surface area contributed by atoms with Crippen molar-refractivity contribution in [1.29, 1.82) is 0 Å². The summed E-state index contributed by atoms with van der Waals surface area (Å²) in [5.74, 6) is 1.17. The highest BCUT2D eigenvalue weighted by Gasteiger charge is 2.09. The number of halogens is 1. The Morgan fingerprint density at radius 2 is 1.58 bits per heavy atom. The number of rotatable bonds is 3. The fraction of sp³-hybridized carbons (Fsp3) is 0. The average molecular weight is 333 g/mol. The summed E-state index contributed by atoms with van der Waals surface area (Å²) in [7, 11) is 0. The van der Waals surface area contributed by atoms with Gasteiger partial charge in [-0.25, -0.2) is 9.97 Å². The number of para-hydroxylation sites is 2. The summed E-state index contributed by atoms with van der Waals surface area (Å²) in [5, 5.41) is 0.580. The first-order valence-electron chi connectivity index (χ1n) is 7.55. The highest BCUT2D eigenvalue weighted by atomic mass is 35.5. The van der Waals surface area contributed by atoms with Gasteiger partial charge in [0.2, 0.25) is 5.88 Å². The second-order valence-electron chi connectivity index (χ2n) is 5.28. The predicted molar refractivity (Wildman–Crippen MR) is 96.5 cm³/mol. The van der Waals surface area contributed by atoms with E-state index in [4.69, 9.17) is 16.3 Å². The number of benzene rings is 3. The van der Waals surface area contributed by atoms with Gasteiger partial charge in [0.25, 0.3) is 0 Å². The van der Waals surface area contributed by atoms with Crippen molar-refractivity contribution in [3.63, 3.8) is 0 Å². The molecular weight excluding hydrogens is 320 g/mol. The fourth-order valence-electron chi connectivity index (χ4n) is 2.56. The first kappa shape index (κ1) is 14.7. The average Bonchev–Trinajstić information content (AvgIpc) is 2.63. The lowest BCUT2D eigenvalue weighted by molar-refractivity contribution is 0.464. The van der Waals surface area contributed by atoms with Crippen LogP contribution in [-0.2, 0) is 0 Å². The molecule has 0 atom stereocenters. The second-order valence-corrected chi connectivity index (χ2v) is 5.69. The molecule has 0 unspecified atom stereocenters. The van der Waals surface area contributed by atoms with Crippen LogP contribution in [0.2, 0.25) is 5.02 Å². The van der Waals surface area contributed by atoms with Gasteiger partial charge in [0.1, 0.15) is 11.3 Å². The quantitative estimate of drug-likeness (QED) is 0.479. The summed E-state index contributed by atoms with van der Waals surface area (Å²) in [6.45, 7) is 0. The Hall–Kier alpha value is -2.91. The van der Waals surface area contributed by atoms with Crippen molar-refractivity contribution < 1.29 is 4.74 Å². The van der Waals surface area contributed by atoms with Crippen LogP contribution in [0, 0.1) is 0 Å². The topological polar surface area (TPSA) is 35.0 Å². The smallest absolute Gasteiger partial charge is 0.238 e. The van der Waals surface area contributed by atoms with E-state index < -0.39 is 0 Å². The molecule has 0 aliphatic heterocycles.